The Kier molecular flexibility index (Phi) is 14.1. The van der Waals surface area contributed by atoms with Gasteiger partial charge in [0, 0.05) is 38.6 Å². The molecule has 9 nitrogen and oxygen atoms in total. The largest absolute Gasteiger partial charge is 0.485 e. The van der Waals surface area contributed by atoms with E-state index in [2.05, 4.69) is 10.5 Å². The van der Waals surface area contributed by atoms with E-state index in [9.17, 15) is 32.3 Å². The molecule has 1 saturated heterocycles. The molecule has 2 heterocycles. The standard InChI is InChI=1S/C24H23F4N3O5.C5H12O.C2H6/c25-15-11-16(26)21(28)22(20(15)27)35-12-18(33)17(7-10-32)29-24(34)13-5-8-31(9-6-13)23-14-3-1-2-4-19(14)36-30-23;1-5(2,3)6-4;1-2/h1-4,10-11,13,17-18,33H,5-9,12H2,(H,29,34);1-4H3;1-2H3. The molecule has 1 aromatic heterocycles. The van der Waals surface area contributed by atoms with E-state index in [4.69, 9.17) is 14.0 Å². The maximum atomic E-state index is 13.8. The van der Waals surface area contributed by atoms with Gasteiger partial charge in [-0.15, -0.1) is 0 Å². The molecule has 1 aliphatic heterocycles. The molecular formula is C31H41F4N3O6. The lowest BCUT2D eigenvalue weighted by molar-refractivity contribution is -0.127. The summed E-state index contributed by atoms with van der Waals surface area (Å²) in [5.74, 6) is -8.34. The summed E-state index contributed by atoms with van der Waals surface area (Å²) in [6, 6.07) is 6.30. The molecule has 13 heteroatoms. The van der Waals surface area contributed by atoms with E-state index in [1.807, 2.05) is 63.8 Å². The summed E-state index contributed by atoms with van der Waals surface area (Å²) in [5.41, 5.74) is 0.695. The molecule has 1 amide bonds. The number of methoxy groups -OCH3 is 1. The summed E-state index contributed by atoms with van der Waals surface area (Å²) in [5, 5.41) is 17.9. The van der Waals surface area contributed by atoms with Crippen LogP contribution in [0.1, 0.15) is 53.9 Å². The first kappa shape index (κ1) is 36.5. The van der Waals surface area contributed by atoms with Crippen molar-refractivity contribution >= 4 is 29.0 Å². The molecule has 4 rings (SSSR count). The Morgan fingerprint density at radius 2 is 1.70 bits per heavy atom. The third-order valence-corrected chi connectivity index (χ3v) is 6.75. The van der Waals surface area contributed by atoms with Crippen LogP contribution >= 0.6 is 0 Å². The number of hydrogen-bond donors (Lipinski definition) is 2. The number of carbonyl (C=O) groups is 2. The Balaban J connectivity index is 0.000000755. The zero-order valence-corrected chi connectivity index (χ0v) is 25.8. The highest BCUT2D eigenvalue weighted by atomic mass is 19.2. The van der Waals surface area contributed by atoms with Crippen LogP contribution in [0.15, 0.2) is 34.9 Å². The van der Waals surface area contributed by atoms with E-state index in [-0.39, 0.29) is 18.1 Å². The van der Waals surface area contributed by atoms with Crippen molar-refractivity contribution in [3.05, 3.63) is 53.6 Å². The van der Waals surface area contributed by atoms with Gasteiger partial charge in [0.2, 0.25) is 17.5 Å². The maximum Gasteiger partial charge on any atom is 0.223 e. The highest BCUT2D eigenvalue weighted by molar-refractivity contribution is 5.88. The molecule has 0 saturated carbocycles. The van der Waals surface area contributed by atoms with Crippen LogP contribution in [-0.2, 0) is 14.3 Å². The molecule has 0 radical (unpaired) electrons. The Bertz CT molecular complexity index is 1330. The molecule has 1 fully saturated rings. The Labute approximate surface area is 254 Å². The average molecular weight is 628 g/mol. The molecule has 2 aromatic carbocycles. The zero-order chi connectivity index (χ0) is 33.0. The summed E-state index contributed by atoms with van der Waals surface area (Å²) in [6.07, 6.45) is -0.526. The number of rotatable bonds is 9. The lowest BCUT2D eigenvalue weighted by Crippen LogP contribution is -2.49. The summed E-state index contributed by atoms with van der Waals surface area (Å²) in [6.45, 7) is 10.3. The van der Waals surface area contributed by atoms with Gasteiger partial charge in [0.1, 0.15) is 19.0 Å². The van der Waals surface area contributed by atoms with Gasteiger partial charge in [-0.1, -0.05) is 31.1 Å². The van der Waals surface area contributed by atoms with Crippen LogP contribution in [0.4, 0.5) is 23.4 Å². The Morgan fingerprint density at radius 1 is 1.14 bits per heavy atom. The lowest BCUT2D eigenvalue weighted by atomic mass is 9.94. The minimum absolute atomic E-state index is 0.0276. The molecular weight excluding hydrogens is 586 g/mol. The number of ether oxygens (including phenoxy) is 2. The summed E-state index contributed by atoms with van der Waals surface area (Å²) >= 11 is 0. The van der Waals surface area contributed by atoms with Gasteiger partial charge in [0.15, 0.2) is 28.8 Å². The number of benzene rings is 2. The van der Waals surface area contributed by atoms with E-state index in [1.165, 1.54) is 0 Å². The van der Waals surface area contributed by atoms with Crippen LogP contribution in [0.25, 0.3) is 11.0 Å². The van der Waals surface area contributed by atoms with Gasteiger partial charge in [-0.25, -0.2) is 8.78 Å². The fourth-order valence-electron chi connectivity index (χ4n) is 4.13. The molecule has 3 aromatic rings. The number of hydrogen-bond acceptors (Lipinski definition) is 8. The van der Waals surface area contributed by atoms with Gasteiger partial charge in [0.05, 0.1) is 17.0 Å². The number of halogens is 4. The van der Waals surface area contributed by atoms with Crippen molar-refractivity contribution in [1.82, 2.24) is 10.5 Å². The van der Waals surface area contributed by atoms with Crippen LogP contribution in [-0.4, -0.2) is 67.0 Å². The first-order valence-electron chi connectivity index (χ1n) is 14.4. The van der Waals surface area contributed by atoms with Crippen molar-refractivity contribution in [1.29, 1.82) is 0 Å². The number of aliphatic hydroxyl groups is 1. The number of aldehydes is 1. The van der Waals surface area contributed by atoms with E-state index < -0.39 is 59.6 Å². The number of nitrogens with one attached hydrogen (secondary N) is 1. The van der Waals surface area contributed by atoms with Crippen molar-refractivity contribution in [3.63, 3.8) is 0 Å². The smallest absolute Gasteiger partial charge is 0.223 e. The monoisotopic (exact) mass is 627 g/mol. The molecule has 1 aliphatic rings. The lowest BCUT2D eigenvalue weighted by Gasteiger charge is -2.32. The van der Waals surface area contributed by atoms with Crippen LogP contribution in [0.5, 0.6) is 5.75 Å². The predicted octanol–water partition coefficient (Wildman–Crippen LogP) is 5.57. The van der Waals surface area contributed by atoms with Crippen LogP contribution in [0, 0.1) is 29.2 Å². The molecule has 2 atom stereocenters. The summed E-state index contributed by atoms with van der Waals surface area (Å²) in [4.78, 5) is 25.9. The third kappa shape index (κ3) is 9.91. The van der Waals surface area contributed by atoms with Gasteiger partial charge >= 0.3 is 0 Å². The highest BCUT2D eigenvalue weighted by Gasteiger charge is 2.31. The number of para-hydroxylation sites is 1. The molecule has 244 valence electrons. The van der Waals surface area contributed by atoms with Crippen LogP contribution in [0.2, 0.25) is 0 Å². The summed E-state index contributed by atoms with van der Waals surface area (Å²) in [7, 11) is 1.71. The minimum atomic E-state index is -1.76. The average Bonchev–Trinajstić information content (AvgIpc) is 3.45. The second-order valence-corrected chi connectivity index (χ2v) is 10.8. The number of aliphatic hydroxyl groups excluding tert-OH is 1. The van der Waals surface area contributed by atoms with E-state index in [1.54, 1.807) is 7.11 Å². The third-order valence-electron chi connectivity index (χ3n) is 6.75. The SMILES string of the molecule is CC.COC(C)(C)C.O=CCC(NC(=O)C1CCN(c2noc3ccccc23)CC1)C(O)COc1c(F)c(F)cc(F)c1F. The van der Waals surface area contributed by atoms with Gasteiger partial charge in [0.25, 0.3) is 0 Å². The first-order chi connectivity index (χ1) is 20.9. The van der Waals surface area contributed by atoms with Crippen LogP contribution < -0.4 is 15.0 Å². The number of carbonyl (C=O) groups excluding carboxylic acids is 2. The summed E-state index contributed by atoms with van der Waals surface area (Å²) < 4.78 is 69.3. The van der Waals surface area contributed by atoms with E-state index >= 15 is 0 Å². The van der Waals surface area contributed by atoms with E-state index in [0.717, 1.165) is 5.39 Å². The van der Waals surface area contributed by atoms with Crippen molar-refractivity contribution in [2.75, 3.05) is 31.7 Å². The number of aromatic nitrogens is 1. The number of fused-ring (bicyclic) bond motifs is 1. The number of nitrogens with zero attached hydrogens (tertiary/aromatic N) is 2. The van der Waals surface area contributed by atoms with Crippen molar-refractivity contribution in [2.45, 2.75) is 71.6 Å². The predicted molar refractivity (Wildman–Crippen MR) is 157 cm³/mol. The fourth-order valence-corrected chi connectivity index (χ4v) is 4.13. The maximum absolute atomic E-state index is 13.8. The number of amides is 1. The molecule has 44 heavy (non-hydrogen) atoms. The van der Waals surface area contributed by atoms with Crippen molar-refractivity contribution in [3.8, 4) is 5.75 Å². The van der Waals surface area contributed by atoms with Crippen molar-refractivity contribution in [2.24, 2.45) is 5.92 Å². The number of piperidine rings is 1. The fraction of sp³-hybridized carbons (Fsp3) is 0.516. The Morgan fingerprint density at radius 3 is 2.25 bits per heavy atom. The minimum Gasteiger partial charge on any atom is -0.485 e. The topological polar surface area (TPSA) is 114 Å². The second kappa shape index (κ2) is 17.0. The van der Waals surface area contributed by atoms with Gasteiger partial charge < -0.3 is 34.1 Å². The molecule has 2 N–H and O–H groups in total. The normalized spacial score (nSPS) is 14.9. The van der Waals surface area contributed by atoms with Crippen LogP contribution in [0.3, 0.4) is 0 Å². The molecule has 0 aliphatic carbocycles. The van der Waals surface area contributed by atoms with Crippen molar-refractivity contribution < 1.29 is 46.3 Å². The van der Waals surface area contributed by atoms with Gasteiger partial charge in [-0.05, 0) is 45.7 Å². The molecule has 2 unspecified atom stereocenters. The molecule has 0 bridgehead atoms. The first-order valence-corrected chi connectivity index (χ1v) is 14.4. The second-order valence-electron chi connectivity index (χ2n) is 10.8. The van der Waals surface area contributed by atoms with Gasteiger partial charge in [-0.2, -0.15) is 8.78 Å². The zero-order valence-electron chi connectivity index (χ0n) is 25.8. The van der Waals surface area contributed by atoms with E-state index in [0.29, 0.717) is 43.6 Å². The molecule has 0 spiro atoms. The van der Waals surface area contributed by atoms with Gasteiger partial charge in [-0.3, -0.25) is 4.79 Å². The number of anilines is 1. The Hall–Kier alpha value is -3.71. The quantitative estimate of drug-likeness (QED) is 0.180. The highest BCUT2D eigenvalue weighted by Crippen LogP contribution is 2.30.